The van der Waals surface area contributed by atoms with Crippen LogP contribution in [0.25, 0.3) is 0 Å². The van der Waals surface area contributed by atoms with Crippen molar-refractivity contribution in [1.29, 1.82) is 0 Å². The number of β-amino-alcohol motifs (C(OH)–C–C–N with tert-alkyl or cyclic N) is 2. The molecule has 0 aliphatic heterocycles. The Balaban J connectivity index is 4.28. The summed E-state index contributed by atoms with van der Waals surface area (Å²) < 4.78 is 0. The van der Waals surface area contributed by atoms with E-state index < -0.39 is 0 Å². The first-order valence-corrected chi connectivity index (χ1v) is 4.96. The van der Waals surface area contributed by atoms with Crippen molar-refractivity contribution in [2.24, 2.45) is 0 Å². The lowest BCUT2D eigenvalue weighted by atomic mass is 9.93. The van der Waals surface area contributed by atoms with Crippen LogP contribution in [0.1, 0.15) is 26.7 Å². The Morgan fingerprint density at radius 1 is 1.08 bits per heavy atom. The van der Waals surface area contributed by atoms with Gasteiger partial charge in [0.2, 0.25) is 0 Å². The van der Waals surface area contributed by atoms with Crippen molar-refractivity contribution in [3.63, 3.8) is 0 Å². The summed E-state index contributed by atoms with van der Waals surface area (Å²) in [5, 5.41) is 17.7. The van der Waals surface area contributed by atoms with Crippen LogP contribution < -0.4 is 0 Å². The molecule has 0 heterocycles. The normalized spacial score (nSPS) is 12.5. The Hall–Kier alpha value is -0.120. The van der Waals surface area contributed by atoms with Gasteiger partial charge in [0, 0.05) is 18.6 Å². The monoisotopic (exact) mass is 188 g/mol. The summed E-state index contributed by atoms with van der Waals surface area (Å²) in [5.41, 5.74) is -0.133. The van der Waals surface area contributed by atoms with Crippen molar-refractivity contribution in [2.75, 3.05) is 26.3 Å². The molecule has 1 radical (unpaired) electrons. The topological polar surface area (TPSA) is 43.7 Å². The molecule has 0 saturated heterocycles. The van der Waals surface area contributed by atoms with Gasteiger partial charge < -0.3 is 10.2 Å². The van der Waals surface area contributed by atoms with Gasteiger partial charge in [-0.3, -0.25) is 4.90 Å². The molecule has 0 rings (SSSR count). The number of aliphatic hydroxyl groups is 2. The molecule has 0 aliphatic rings. The summed E-state index contributed by atoms with van der Waals surface area (Å²) in [7, 11) is 0. The zero-order valence-electron chi connectivity index (χ0n) is 8.79. The second-order valence-electron chi connectivity index (χ2n) is 3.37. The van der Waals surface area contributed by atoms with Crippen molar-refractivity contribution in [1.82, 2.24) is 4.90 Å². The van der Waals surface area contributed by atoms with E-state index in [1.807, 2.05) is 4.90 Å². The molecule has 13 heavy (non-hydrogen) atoms. The summed E-state index contributed by atoms with van der Waals surface area (Å²) >= 11 is 0. The third kappa shape index (κ3) is 3.63. The zero-order chi connectivity index (χ0) is 10.3. The molecule has 0 amide bonds. The minimum Gasteiger partial charge on any atom is -0.395 e. The number of hydrogen-bond acceptors (Lipinski definition) is 3. The van der Waals surface area contributed by atoms with E-state index in [2.05, 4.69) is 20.8 Å². The molecule has 0 aromatic rings. The van der Waals surface area contributed by atoms with Crippen LogP contribution in [0.5, 0.6) is 0 Å². The molecule has 0 fully saturated rings. The molecule has 79 valence electrons. The van der Waals surface area contributed by atoms with Gasteiger partial charge in [0.25, 0.3) is 0 Å². The molecule has 0 aliphatic carbocycles. The van der Waals surface area contributed by atoms with E-state index in [1.165, 1.54) is 0 Å². The molecule has 0 aromatic carbocycles. The summed E-state index contributed by atoms with van der Waals surface area (Å²) in [6.07, 6.45) is 1.87. The molecular weight excluding hydrogens is 166 g/mol. The van der Waals surface area contributed by atoms with Gasteiger partial charge in [0.15, 0.2) is 0 Å². The third-order valence-electron chi connectivity index (χ3n) is 2.73. The number of hydrogen-bond donors (Lipinski definition) is 2. The molecule has 0 aromatic heterocycles. The third-order valence-corrected chi connectivity index (χ3v) is 2.73. The van der Waals surface area contributed by atoms with Crippen LogP contribution in [0.2, 0.25) is 0 Å². The molecule has 2 N–H and O–H groups in total. The van der Waals surface area contributed by atoms with Gasteiger partial charge in [-0.25, -0.2) is 0 Å². The van der Waals surface area contributed by atoms with Crippen molar-refractivity contribution in [3.8, 4) is 0 Å². The molecule has 0 saturated carbocycles. The van der Waals surface area contributed by atoms with E-state index in [-0.39, 0.29) is 18.8 Å². The summed E-state index contributed by atoms with van der Waals surface area (Å²) in [6.45, 7) is 9.73. The highest BCUT2D eigenvalue weighted by molar-refractivity contribution is 4.90. The predicted molar refractivity (Wildman–Crippen MR) is 54.4 cm³/mol. The van der Waals surface area contributed by atoms with Crippen molar-refractivity contribution < 1.29 is 10.2 Å². The van der Waals surface area contributed by atoms with Crippen LogP contribution in [0.3, 0.4) is 0 Å². The van der Waals surface area contributed by atoms with E-state index in [9.17, 15) is 0 Å². The maximum atomic E-state index is 8.87. The van der Waals surface area contributed by atoms with Crippen molar-refractivity contribution >= 4 is 0 Å². The number of aliphatic hydroxyl groups excluding tert-OH is 2. The number of rotatable bonds is 7. The fourth-order valence-electron chi connectivity index (χ4n) is 1.52. The Morgan fingerprint density at radius 2 is 1.46 bits per heavy atom. The van der Waals surface area contributed by atoms with Gasteiger partial charge in [-0.05, 0) is 19.8 Å². The maximum absolute atomic E-state index is 8.87. The fourth-order valence-corrected chi connectivity index (χ4v) is 1.52. The van der Waals surface area contributed by atoms with E-state index >= 15 is 0 Å². The lowest BCUT2D eigenvalue weighted by molar-refractivity contribution is 0.0724. The molecule has 0 bridgehead atoms. The van der Waals surface area contributed by atoms with Crippen LogP contribution >= 0.6 is 0 Å². The maximum Gasteiger partial charge on any atom is 0.0558 e. The predicted octanol–water partition coefficient (Wildman–Crippen LogP) is 0.666. The second kappa shape index (κ2) is 6.35. The smallest absolute Gasteiger partial charge is 0.0558 e. The van der Waals surface area contributed by atoms with E-state index in [4.69, 9.17) is 10.2 Å². The van der Waals surface area contributed by atoms with E-state index in [0.717, 1.165) is 12.8 Å². The average Bonchev–Trinajstić information content (AvgIpc) is 2.16. The van der Waals surface area contributed by atoms with Crippen molar-refractivity contribution in [2.45, 2.75) is 32.2 Å². The van der Waals surface area contributed by atoms with Crippen LogP contribution in [-0.2, 0) is 0 Å². The first-order valence-electron chi connectivity index (χ1n) is 4.96. The summed E-state index contributed by atoms with van der Waals surface area (Å²) in [5.74, 6) is 0. The highest BCUT2D eigenvalue weighted by Gasteiger charge is 2.27. The van der Waals surface area contributed by atoms with Crippen molar-refractivity contribution in [3.05, 3.63) is 6.92 Å². The molecule has 0 unspecified atom stereocenters. The van der Waals surface area contributed by atoms with Gasteiger partial charge in [-0.1, -0.05) is 13.8 Å². The summed E-state index contributed by atoms with van der Waals surface area (Å²) in [6, 6.07) is 0. The van der Waals surface area contributed by atoms with Crippen LogP contribution in [0.15, 0.2) is 0 Å². The van der Waals surface area contributed by atoms with Gasteiger partial charge in [0.1, 0.15) is 0 Å². The van der Waals surface area contributed by atoms with Crippen LogP contribution in [0.4, 0.5) is 0 Å². The van der Waals surface area contributed by atoms with Gasteiger partial charge in [-0.2, -0.15) is 0 Å². The number of nitrogens with zero attached hydrogens (tertiary/aromatic N) is 1. The Bertz CT molecular complexity index is 118. The highest BCUT2D eigenvalue weighted by Crippen LogP contribution is 2.21. The lowest BCUT2D eigenvalue weighted by Gasteiger charge is -2.39. The minimum atomic E-state index is -0.133. The Morgan fingerprint density at radius 3 is 1.69 bits per heavy atom. The average molecular weight is 188 g/mol. The highest BCUT2D eigenvalue weighted by atomic mass is 16.3. The second-order valence-corrected chi connectivity index (χ2v) is 3.37. The fraction of sp³-hybridized carbons (Fsp3) is 0.900. The quantitative estimate of drug-likeness (QED) is 0.617. The molecular formula is C10H22NO2. The van der Waals surface area contributed by atoms with E-state index in [0.29, 0.717) is 13.1 Å². The molecule has 0 spiro atoms. The Labute approximate surface area is 81.4 Å². The zero-order valence-corrected chi connectivity index (χ0v) is 8.79. The Kier molecular flexibility index (Phi) is 6.29. The SMILES string of the molecule is [CH2]C(CC)(CC)N(CCO)CCO. The van der Waals surface area contributed by atoms with E-state index in [1.54, 1.807) is 0 Å². The van der Waals surface area contributed by atoms with Crippen LogP contribution in [0, 0.1) is 6.92 Å². The minimum absolute atomic E-state index is 0.122. The largest absolute Gasteiger partial charge is 0.395 e. The first kappa shape index (κ1) is 12.9. The van der Waals surface area contributed by atoms with Gasteiger partial charge in [-0.15, -0.1) is 0 Å². The molecule has 3 heteroatoms. The molecule has 3 nitrogen and oxygen atoms in total. The summed E-state index contributed by atoms with van der Waals surface area (Å²) in [4.78, 5) is 2.05. The lowest BCUT2D eigenvalue weighted by Crippen LogP contribution is -2.48. The van der Waals surface area contributed by atoms with Gasteiger partial charge in [0.05, 0.1) is 13.2 Å². The molecule has 0 atom stereocenters. The first-order chi connectivity index (χ1) is 6.14. The van der Waals surface area contributed by atoms with Gasteiger partial charge >= 0.3 is 0 Å². The van der Waals surface area contributed by atoms with Crippen LogP contribution in [-0.4, -0.2) is 47.0 Å². The standard InChI is InChI=1S/C10H22NO2/c1-4-10(3,5-2)11(6-8-12)7-9-13/h12-13H,3-9H2,1-2H3.